The van der Waals surface area contributed by atoms with E-state index in [1.165, 1.54) is 29.7 Å². The number of thiazole rings is 1. The summed E-state index contributed by atoms with van der Waals surface area (Å²) in [5.74, 6) is -0.732. The zero-order valence-electron chi connectivity index (χ0n) is 24.6. The summed E-state index contributed by atoms with van der Waals surface area (Å²) in [4.78, 5) is 45.0. The Labute approximate surface area is 257 Å². The quantitative estimate of drug-likeness (QED) is 0.296. The number of ketones is 1. The summed E-state index contributed by atoms with van der Waals surface area (Å²) in [7, 11) is 0. The number of ether oxygens (including phenoxy) is 1. The number of carboxylic acids is 1. The molecule has 2 aliphatic rings. The lowest BCUT2D eigenvalue weighted by atomic mass is 10.1. The van der Waals surface area contributed by atoms with Crippen molar-refractivity contribution in [3.05, 3.63) is 51.7 Å². The number of benzene rings is 1. The van der Waals surface area contributed by atoms with Crippen molar-refractivity contribution in [1.29, 1.82) is 0 Å². The van der Waals surface area contributed by atoms with Crippen LogP contribution in [0.1, 0.15) is 52.1 Å². The Morgan fingerprint density at radius 3 is 2.50 bits per heavy atom. The number of aryl methyl sites for hydroxylation is 1. The number of piperazine rings is 1. The minimum atomic E-state index is -4.81. The number of likely N-dealkylation sites (tertiary alicyclic amines) is 1. The van der Waals surface area contributed by atoms with Crippen LogP contribution in [0, 0.1) is 6.92 Å². The van der Waals surface area contributed by atoms with E-state index in [0.717, 1.165) is 24.3 Å². The van der Waals surface area contributed by atoms with Crippen molar-refractivity contribution in [3.8, 4) is 17.0 Å². The molecule has 14 heteroatoms. The molecule has 236 valence electrons. The number of carbonyl (C=O) groups is 2. The van der Waals surface area contributed by atoms with E-state index in [0.29, 0.717) is 73.0 Å². The van der Waals surface area contributed by atoms with Crippen molar-refractivity contribution < 1.29 is 32.6 Å². The van der Waals surface area contributed by atoms with Gasteiger partial charge in [-0.2, -0.15) is 0 Å². The van der Waals surface area contributed by atoms with Gasteiger partial charge in [-0.25, -0.2) is 15.0 Å². The van der Waals surface area contributed by atoms with Crippen LogP contribution in [0.4, 0.5) is 19.0 Å². The van der Waals surface area contributed by atoms with E-state index < -0.39 is 12.3 Å². The maximum atomic E-state index is 13.2. The molecule has 2 fully saturated rings. The van der Waals surface area contributed by atoms with Crippen molar-refractivity contribution >= 4 is 28.9 Å². The average Bonchev–Trinajstić information content (AvgIpc) is 3.56. The third kappa shape index (κ3) is 8.30. The lowest BCUT2D eigenvalue weighted by Gasteiger charge is -2.34. The zero-order chi connectivity index (χ0) is 31.4. The van der Waals surface area contributed by atoms with Gasteiger partial charge in [-0.05, 0) is 57.0 Å². The lowest BCUT2D eigenvalue weighted by molar-refractivity contribution is -0.274. The molecule has 2 saturated heterocycles. The zero-order valence-corrected chi connectivity index (χ0v) is 25.5. The van der Waals surface area contributed by atoms with Gasteiger partial charge in [0, 0.05) is 55.8 Å². The van der Waals surface area contributed by atoms with Crippen molar-refractivity contribution in [1.82, 2.24) is 24.8 Å². The van der Waals surface area contributed by atoms with E-state index in [9.17, 15) is 22.8 Å². The number of hydrogen-bond acceptors (Lipinski definition) is 10. The molecular weight excluding hydrogens is 597 g/mol. The predicted octanol–water partition coefficient (Wildman–Crippen LogP) is 4.81. The van der Waals surface area contributed by atoms with E-state index in [1.54, 1.807) is 19.2 Å². The topological polar surface area (TPSA) is 112 Å². The summed E-state index contributed by atoms with van der Waals surface area (Å²) < 4.78 is 43.2. The van der Waals surface area contributed by atoms with E-state index in [1.807, 2.05) is 0 Å². The first-order chi connectivity index (χ1) is 20.9. The predicted molar refractivity (Wildman–Crippen MR) is 159 cm³/mol. The fraction of sp³-hybridized carbons (Fsp3) is 0.500. The van der Waals surface area contributed by atoms with E-state index in [2.05, 4.69) is 36.3 Å². The Morgan fingerprint density at radius 2 is 1.86 bits per heavy atom. The van der Waals surface area contributed by atoms with Crippen LogP contribution in [-0.4, -0.2) is 93.3 Å². The highest BCUT2D eigenvalue weighted by Gasteiger charge is 2.32. The third-order valence-corrected chi connectivity index (χ3v) is 8.95. The van der Waals surface area contributed by atoms with Gasteiger partial charge >= 0.3 is 12.3 Å². The fourth-order valence-corrected chi connectivity index (χ4v) is 6.72. The molecule has 1 atom stereocenters. The van der Waals surface area contributed by atoms with Gasteiger partial charge in [0.05, 0.1) is 30.9 Å². The maximum Gasteiger partial charge on any atom is 0.573 e. The molecule has 1 N–H and O–H groups in total. The van der Waals surface area contributed by atoms with E-state index in [-0.39, 0.29) is 30.1 Å². The number of halogens is 3. The molecule has 2 aliphatic heterocycles. The average molecular weight is 633 g/mol. The molecule has 44 heavy (non-hydrogen) atoms. The molecule has 1 aromatic carbocycles. The van der Waals surface area contributed by atoms with Crippen molar-refractivity contribution in [2.45, 2.75) is 58.5 Å². The summed E-state index contributed by atoms with van der Waals surface area (Å²) in [6.07, 6.45) is 0.452. The molecule has 0 unspecified atom stereocenters. The monoisotopic (exact) mass is 632 g/mol. The van der Waals surface area contributed by atoms with Crippen molar-refractivity contribution in [2.75, 3.05) is 44.2 Å². The van der Waals surface area contributed by atoms with Crippen LogP contribution in [0.25, 0.3) is 11.3 Å². The molecule has 0 aliphatic carbocycles. The Kier molecular flexibility index (Phi) is 9.81. The number of anilines is 1. The van der Waals surface area contributed by atoms with Gasteiger partial charge in [0.1, 0.15) is 22.3 Å². The number of rotatable bonds is 11. The van der Waals surface area contributed by atoms with E-state index >= 15 is 0 Å². The molecule has 0 bridgehead atoms. The van der Waals surface area contributed by atoms with Crippen LogP contribution in [0.15, 0.2) is 30.6 Å². The highest BCUT2D eigenvalue weighted by Crippen LogP contribution is 2.35. The number of carboxylic acid groups (broad SMARTS) is 1. The molecular formula is C30H35F3N6O4S. The van der Waals surface area contributed by atoms with Crippen LogP contribution in [0.5, 0.6) is 5.75 Å². The van der Waals surface area contributed by atoms with Gasteiger partial charge in [0.2, 0.25) is 0 Å². The van der Waals surface area contributed by atoms with Crippen LogP contribution in [0.2, 0.25) is 0 Å². The molecule has 10 nitrogen and oxygen atoms in total. The first-order valence-electron chi connectivity index (χ1n) is 14.6. The number of aromatic nitrogens is 3. The fourth-order valence-electron chi connectivity index (χ4n) is 5.61. The number of carbonyl (C=O) groups excluding carboxylic acids is 1. The summed E-state index contributed by atoms with van der Waals surface area (Å²) in [6.45, 7) is 8.65. The second kappa shape index (κ2) is 13.6. The molecule has 0 saturated carbocycles. The first kappa shape index (κ1) is 31.8. The summed E-state index contributed by atoms with van der Waals surface area (Å²) in [6, 6.07) is 4.82. The van der Waals surface area contributed by atoms with Crippen LogP contribution < -0.4 is 9.64 Å². The summed E-state index contributed by atoms with van der Waals surface area (Å²) in [5.41, 5.74) is 1.87. The minimum absolute atomic E-state index is 0.0127. The summed E-state index contributed by atoms with van der Waals surface area (Å²) >= 11 is 1.39. The van der Waals surface area contributed by atoms with Gasteiger partial charge < -0.3 is 14.7 Å². The van der Waals surface area contributed by atoms with Crippen molar-refractivity contribution in [2.24, 2.45) is 0 Å². The Bertz CT molecular complexity index is 1470. The lowest BCUT2D eigenvalue weighted by Crippen LogP contribution is -2.47. The van der Waals surface area contributed by atoms with Gasteiger partial charge in [0.15, 0.2) is 5.78 Å². The Balaban J connectivity index is 1.31. The van der Waals surface area contributed by atoms with Crippen LogP contribution >= 0.6 is 11.3 Å². The van der Waals surface area contributed by atoms with Crippen LogP contribution in [-0.2, 0) is 17.8 Å². The Hall–Kier alpha value is -3.62. The second-order valence-corrected chi connectivity index (χ2v) is 12.4. The number of aliphatic carboxylic acids is 1. The molecule has 0 amide bonds. The van der Waals surface area contributed by atoms with Gasteiger partial charge in [0.25, 0.3) is 0 Å². The second-order valence-electron chi connectivity index (χ2n) is 11.3. The molecule has 3 aromatic rings. The molecule has 5 rings (SSSR count). The van der Waals surface area contributed by atoms with E-state index in [4.69, 9.17) is 10.1 Å². The number of nitrogens with zero attached hydrogens (tertiary/aromatic N) is 6. The highest BCUT2D eigenvalue weighted by atomic mass is 32.1. The number of hydrogen-bond donors (Lipinski definition) is 1. The first-order valence-corrected chi connectivity index (χ1v) is 15.4. The van der Waals surface area contributed by atoms with Crippen molar-refractivity contribution in [3.63, 3.8) is 0 Å². The normalized spacial score (nSPS) is 18.1. The van der Waals surface area contributed by atoms with Gasteiger partial charge in [-0.3, -0.25) is 19.4 Å². The third-order valence-electron chi connectivity index (χ3n) is 7.91. The van der Waals surface area contributed by atoms with Gasteiger partial charge in [-0.15, -0.1) is 24.5 Å². The number of alkyl halides is 3. The molecule has 4 heterocycles. The number of Topliss-reactive ketones (excluding diaryl/α,β-unsaturated/α-hetero) is 1. The molecule has 0 spiro atoms. The SMILES string of the molecule is Cc1cc(OC(F)(F)F)cc(-c2nc(CC(=O)c3cnc(N4CCN(CCC(=O)O)CC4)cn3)sc2CN2CCC[C@H]2C)c1. The largest absolute Gasteiger partial charge is 0.573 e. The smallest absolute Gasteiger partial charge is 0.481 e. The van der Waals surface area contributed by atoms with Crippen LogP contribution in [0.3, 0.4) is 0 Å². The summed E-state index contributed by atoms with van der Waals surface area (Å²) in [5, 5.41) is 9.45. The maximum absolute atomic E-state index is 13.2. The highest BCUT2D eigenvalue weighted by molar-refractivity contribution is 7.12. The van der Waals surface area contributed by atoms with Gasteiger partial charge in [-0.1, -0.05) is 0 Å². The molecule has 0 radical (unpaired) electrons. The standard InChI is InChI=1S/C30H35F3N6O4S/c1-19-12-21(14-22(13-19)43-30(31,32)33)29-25(18-39-6-3-4-20(39)2)44-27(36-29)15-24(40)23-16-35-26(17-34-23)38-10-8-37(9-11-38)7-5-28(41)42/h12-14,16-17,20H,3-11,15,18H2,1-2H3,(H,41,42)/t20-/m1/s1. The molecule has 2 aromatic heterocycles. The Morgan fingerprint density at radius 1 is 1.09 bits per heavy atom. The minimum Gasteiger partial charge on any atom is -0.481 e.